The maximum absolute atomic E-state index is 13.2. The first kappa shape index (κ1) is 17.6. The van der Waals surface area contributed by atoms with Gasteiger partial charge in [0.1, 0.15) is 10.7 Å². The lowest BCUT2D eigenvalue weighted by molar-refractivity contribution is -0.125. The molecule has 0 spiro atoms. The highest BCUT2D eigenvalue weighted by molar-refractivity contribution is 7.20. The second-order valence-electron chi connectivity index (χ2n) is 5.24. The highest BCUT2D eigenvalue weighted by Crippen LogP contribution is 2.26. The molecule has 0 unspecified atom stereocenters. The molecule has 0 aliphatic rings. The molecule has 2 amide bonds. The van der Waals surface area contributed by atoms with Crippen molar-refractivity contribution in [3.63, 3.8) is 0 Å². The Kier molecular flexibility index (Phi) is 5.23. The number of benzene rings is 2. The van der Waals surface area contributed by atoms with E-state index in [9.17, 15) is 18.8 Å². The fraction of sp³-hybridized carbons (Fsp3) is 0.0556. The molecule has 1 heterocycles. The topological polar surface area (TPSA) is 84.5 Å². The molecule has 0 fully saturated rings. The molecule has 0 aliphatic heterocycles. The summed E-state index contributed by atoms with van der Waals surface area (Å²) >= 11 is 1.14. The number of rotatable bonds is 4. The minimum atomic E-state index is -0.698. The molecule has 0 bridgehead atoms. The fourth-order valence-corrected chi connectivity index (χ4v) is 3.08. The van der Waals surface area contributed by atoms with Crippen LogP contribution in [0.1, 0.15) is 20.0 Å². The van der Waals surface area contributed by atoms with Crippen molar-refractivity contribution >= 4 is 39.2 Å². The Bertz CT molecular complexity index is 972. The third kappa shape index (κ3) is 4.22. The van der Waals surface area contributed by atoms with Crippen molar-refractivity contribution in [3.8, 4) is 0 Å². The number of thiophene rings is 1. The molecule has 3 aromatic rings. The summed E-state index contributed by atoms with van der Waals surface area (Å²) in [6.07, 6.45) is 0. The summed E-state index contributed by atoms with van der Waals surface area (Å²) in [6, 6.07) is 14.0. The van der Waals surface area contributed by atoms with Gasteiger partial charge >= 0.3 is 5.97 Å². The molecule has 0 aliphatic carbocycles. The van der Waals surface area contributed by atoms with Crippen molar-refractivity contribution in [2.24, 2.45) is 0 Å². The van der Waals surface area contributed by atoms with Crippen LogP contribution in [-0.2, 0) is 9.53 Å². The van der Waals surface area contributed by atoms with Crippen LogP contribution in [-0.4, -0.2) is 24.4 Å². The first-order valence-electron chi connectivity index (χ1n) is 7.53. The molecule has 0 radical (unpaired) electrons. The Labute approximate surface area is 151 Å². The lowest BCUT2D eigenvalue weighted by Gasteiger charge is -2.07. The minimum Gasteiger partial charge on any atom is -0.451 e. The maximum atomic E-state index is 13.2. The molecule has 132 valence electrons. The Morgan fingerprint density at radius 1 is 1.00 bits per heavy atom. The van der Waals surface area contributed by atoms with Crippen LogP contribution in [0.3, 0.4) is 0 Å². The highest BCUT2D eigenvalue weighted by atomic mass is 32.1. The number of hydrogen-bond acceptors (Lipinski definition) is 5. The van der Waals surface area contributed by atoms with Crippen molar-refractivity contribution in [1.29, 1.82) is 0 Å². The van der Waals surface area contributed by atoms with Gasteiger partial charge in [-0.1, -0.05) is 18.2 Å². The van der Waals surface area contributed by atoms with E-state index in [-0.39, 0.29) is 4.88 Å². The van der Waals surface area contributed by atoms with E-state index in [1.54, 1.807) is 36.4 Å². The predicted molar refractivity (Wildman–Crippen MR) is 94.1 cm³/mol. The van der Waals surface area contributed by atoms with Crippen molar-refractivity contribution in [2.45, 2.75) is 0 Å². The van der Waals surface area contributed by atoms with Crippen molar-refractivity contribution in [1.82, 2.24) is 10.9 Å². The number of hydrogen-bond donors (Lipinski definition) is 2. The summed E-state index contributed by atoms with van der Waals surface area (Å²) in [7, 11) is 0. The maximum Gasteiger partial charge on any atom is 0.348 e. The monoisotopic (exact) mass is 372 g/mol. The zero-order valence-electron chi connectivity index (χ0n) is 13.3. The van der Waals surface area contributed by atoms with E-state index in [0.29, 0.717) is 10.9 Å². The van der Waals surface area contributed by atoms with E-state index in [0.717, 1.165) is 16.0 Å². The number of nitrogens with one attached hydrogen (secondary N) is 2. The molecule has 2 aromatic carbocycles. The van der Waals surface area contributed by atoms with Crippen LogP contribution in [0.5, 0.6) is 0 Å². The van der Waals surface area contributed by atoms with Gasteiger partial charge in [-0.2, -0.15) is 0 Å². The molecule has 0 atom stereocenters. The third-order valence-electron chi connectivity index (χ3n) is 3.37. The third-order valence-corrected chi connectivity index (χ3v) is 4.46. The molecular weight excluding hydrogens is 359 g/mol. The van der Waals surface area contributed by atoms with E-state index in [2.05, 4.69) is 10.9 Å². The van der Waals surface area contributed by atoms with Gasteiger partial charge in [-0.25, -0.2) is 9.18 Å². The number of esters is 1. The average molecular weight is 372 g/mol. The standard InChI is InChI=1S/C18H13FN2O4S/c19-13-6-7-14-12(8-13)9-15(26-14)18(24)25-10-16(22)20-21-17(23)11-4-2-1-3-5-11/h1-9H,10H2,(H,20,22)(H,21,23). The molecule has 3 rings (SSSR count). The number of halogens is 1. The Balaban J connectivity index is 1.50. The van der Waals surface area contributed by atoms with Gasteiger partial charge in [0.15, 0.2) is 6.61 Å². The van der Waals surface area contributed by atoms with Gasteiger partial charge in [-0.05, 0) is 41.8 Å². The predicted octanol–water partition coefficient (Wildman–Crippen LogP) is 2.66. The van der Waals surface area contributed by atoms with Gasteiger partial charge in [-0.3, -0.25) is 20.4 Å². The summed E-state index contributed by atoms with van der Waals surface area (Å²) in [5.41, 5.74) is 4.76. The van der Waals surface area contributed by atoms with Crippen LogP contribution in [0, 0.1) is 5.82 Å². The second-order valence-corrected chi connectivity index (χ2v) is 6.32. The first-order valence-corrected chi connectivity index (χ1v) is 8.35. The van der Waals surface area contributed by atoms with Gasteiger partial charge in [0, 0.05) is 10.3 Å². The van der Waals surface area contributed by atoms with Crippen molar-refractivity contribution in [3.05, 3.63) is 70.9 Å². The van der Waals surface area contributed by atoms with Crippen LogP contribution in [0.15, 0.2) is 54.6 Å². The van der Waals surface area contributed by atoms with Crippen molar-refractivity contribution < 1.29 is 23.5 Å². The van der Waals surface area contributed by atoms with Crippen LogP contribution in [0.4, 0.5) is 4.39 Å². The van der Waals surface area contributed by atoms with Gasteiger partial charge in [-0.15, -0.1) is 11.3 Å². The first-order chi connectivity index (χ1) is 12.5. The van der Waals surface area contributed by atoms with Gasteiger partial charge in [0.05, 0.1) is 0 Å². The Morgan fingerprint density at radius 3 is 2.54 bits per heavy atom. The zero-order chi connectivity index (χ0) is 18.5. The smallest absolute Gasteiger partial charge is 0.348 e. The van der Waals surface area contributed by atoms with Crippen molar-refractivity contribution in [2.75, 3.05) is 6.61 Å². The molecule has 26 heavy (non-hydrogen) atoms. The molecule has 8 heteroatoms. The Hall–Kier alpha value is -3.26. The molecule has 0 saturated heterocycles. The fourth-order valence-electron chi connectivity index (χ4n) is 2.14. The summed E-state index contributed by atoms with van der Waals surface area (Å²) in [4.78, 5) is 35.7. The summed E-state index contributed by atoms with van der Waals surface area (Å²) in [6.45, 7) is -0.559. The van der Waals surface area contributed by atoms with E-state index < -0.39 is 30.2 Å². The van der Waals surface area contributed by atoms with Gasteiger partial charge < -0.3 is 4.74 Å². The highest BCUT2D eigenvalue weighted by Gasteiger charge is 2.14. The number of fused-ring (bicyclic) bond motifs is 1. The molecule has 2 N–H and O–H groups in total. The lowest BCUT2D eigenvalue weighted by Crippen LogP contribution is -2.43. The largest absolute Gasteiger partial charge is 0.451 e. The number of amides is 2. The molecule has 6 nitrogen and oxygen atoms in total. The summed E-state index contributed by atoms with van der Waals surface area (Å²) in [5.74, 6) is -2.27. The lowest BCUT2D eigenvalue weighted by atomic mass is 10.2. The van der Waals surface area contributed by atoms with Gasteiger partial charge in [0.25, 0.3) is 11.8 Å². The second kappa shape index (κ2) is 7.75. The zero-order valence-corrected chi connectivity index (χ0v) is 14.1. The minimum absolute atomic E-state index is 0.256. The van der Waals surface area contributed by atoms with E-state index in [1.807, 2.05) is 0 Å². The SMILES string of the molecule is O=C(COC(=O)c1cc2cc(F)ccc2s1)NNC(=O)c1ccccc1. The number of ether oxygens (including phenoxy) is 1. The molecule has 0 saturated carbocycles. The average Bonchev–Trinajstić information content (AvgIpc) is 3.08. The summed E-state index contributed by atoms with van der Waals surface area (Å²) < 4.78 is 18.8. The van der Waals surface area contributed by atoms with Crippen LogP contribution in [0.25, 0.3) is 10.1 Å². The number of hydrazine groups is 1. The van der Waals surface area contributed by atoms with Crippen LogP contribution < -0.4 is 10.9 Å². The van der Waals surface area contributed by atoms with Gasteiger partial charge in [0.2, 0.25) is 0 Å². The van der Waals surface area contributed by atoms with Crippen LogP contribution in [0.2, 0.25) is 0 Å². The van der Waals surface area contributed by atoms with E-state index in [4.69, 9.17) is 4.74 Å². The normalized spacial score (nSPS) is 10.3. The molecular formula is C18H13FN2O4S. The molecule has 1 aromatic heterocycles. The number of carbonyl (C=O) groups is 3. The van der Waals surface area contributed by atoms with E-state index in [1.165, 1.54) is 18.2 Å². The van der Waals surface area contributed by atoms with E-state index >= 15 is 0 Å². The Morgan fingerprint density at radius 2 is 1.77 bits per heavy atom. The summed E-state index contributed by atoms with van der Waals surface area (Å²) in [5, 5.41) is 0.585. The van der Waals surface area contributed by atoms with Crippen LogP contribution >= 0.6 is 11.3 Å². The quantitative estimate of drug-likeness (QED) is 0.545. The number of carbonyl (C=O) groups excluding carboxylic acids is 3.